The summed E-state index contributed by atoms with van der Waals surface area (Å²) in [6, 6.07) is 37.6. The second-order valence-electron chi connectivity index (χ2n) is 31.3. The van der Waals surface area contributed by atoms with Crippen molar-refractivity contribution >= 4 is 98.0 Å². The molecule has 1 saturated carbocycles. The predicted octanol–water partition coefficient (Wildman–Crippen LogP) is 15.5. The summed E-state index contributed by atoms with van der Waals surface area (Å²) in [6.45, 7) is 8.67. The van der Waals surface area contributed by atoms with Crippen LogP contribution in [0.2, 0.25) is 15.1 Å². The van der Waals surface area contributed by atoms with E-state index in [-0.39, 0.29) is 120 Å². The molecule has 4 saturated heterocycles. The number of ketones is 4. The first-order valence-corrected chi connectivity index (χ1v) is 45.7. The van der Waals surface area contributed by atoms with Gasteiger partial charge in [-0.25, -0.2) is 53.6 Å². The number of carbonyl (C=O) groups is 4. The zero-order chi connectivity index (χ0) is 85.6. The number of pyridine rings is 1. The number of hydrogen-bond acceptors (Lipinski definition) is 17. The van der Waals surface area contributed by atoms with Gasteiger partial charge in [-0.1, -0.05) is 142 Å². The molecule has 0 spiro atoms. The second kappa shape index (κ2) is 39.7. The molecule has 25 nitrogen and oxygen atoms in total. The molecule has 10 aromatic rings. The average Bonchev–Trinajstić information content (AvgIpc) is 1.76. The number of sulfonamides is 4. The summed E-state index contributed by atoms with van der Waals surface area (Å²) in [5.74, 6) is -0.251. The van der Waals surface area contributed by atoms with Gasteiger partial charge >= 0.3 is 6.18 Å². The molecule has 15 rings (SSSR count). The Morgan fingerprint density at radius 3 is 1.20 bits per heavy atom. The Morgan fingerprint density at radius 1 is 0.421 bits per heavy atom. The van der Waals surface area contributed by atoms with E-state index in [1.165, 1.54) is 96.3 Å². The zero-order valence-electron chi connectivity index (χ0n) is 66.5. The van der Waals surface area contributed by atoms with Crippen molar-refractivity contribution in [1.29, 1.82) is 0 Å². The van der Waals surface area contributed by atoms with Crippen LogP contribution < -0.4 is 0 Å². The van der Waals surface area contributed by atoms with Crippen molar-refractivity contribution in [1.82, 2.24) is 60.4 Å². The first-order chi connectivity index (χ1) is 56.4. The van der Waals surface area contributed by atoms with Gasteiger partial charge in [0.15, 0.2) is 43.2 Å². The summed E-state index contributed by atoms with van der Waals surface area (Å²) in [4.78, 5) is 71.7. The number of aryl methyl sites for hydroxylation is 6. The fourth-order valence-corrected chi connectivity index (χ4v) is 22.5. The van der Waals surface area contributed by atoms with Crippen LogP contribution in [0.5, 0.6) is 0 Å². The van der Waals surface area contributed by atoms with Crippen LogP contribution in [0.1, 0.15) is 154 Å². The third-order valence-electron chi connectivity index (χ3n) is 22.5. The SMILES string of the molecule is C.C.CCCC(CC(=O)c1ccc(C)cc1Cl)C1CN(S(=O)(=O)c2cn(C)cn2)C1.Cc1ccc(C(=O)CC(C2CC2)C2CN(S(=O)(=O)c3cn(C)cn3)C2)c(Cl)c1.Cn1cnc(S(=O)(=O)N2CC(C(CC(=O)c3ccccc3C(F)(F)F)c3ccccn3)C2)c1.Cn1cnc(S(=O)(=O)N2CC(C(CC(=O)c3ccccc3Cl)c3ccccc3)C2)c1. The van der Waals surface area contributed by atoms with Crippen LogP contribution in [-0.4, -0.2) is 170 Å². The molecule has 1 aliphatic carbocycles. The van der Waals surface area contributed by atoms with Crippen molar-refractivity contribution in [2.24, 2.45) is 69.6 Å². The van der Waals surface area contributed by atoms with Crippen LogP contribution >= 0.6 is 34.8 Å². The van der Waals surface area contributed by atoms with Gasteiger partial charge in [0.05, 0.1) is 45.9 Å². The highest BCUT2D eigenvalue weighted by Gasteiger charge is 2.49. The minimum Gasteiger partial charge on any atom is -0.339 e. The maximum Gasteiger partial charge on any atom is 0.417 e. The van der Waals surface area contributed by atoms with E-state index < -0.39 is 69.1 Å². The summed E-state index contributed by atoms with van der Waals surface area (Å²) in [6.07, 6.45) is 13.6. The number of imidazole rings is 4. The van der Waals surface area contributed by atoms with Gasteiger partial charge in [0.25, 0.3) is 40.1 Å². The molecule has 4 unspecified atom stereocenters. The largest absolute Gasteiger partial charge is 0.417 e. The summed E-state index contributed by atoms with van der Waals surface area (Å²) in [7, 11) is -7.64. The molecule has 5 aromatic carbocycles. The standard InChI is InChI=1S/C22H22ClN3O3S.C22H21F3N4O3S.C20H24ClN3O3S.C20H26ClN3O3S.2CH4/c1-25-14-22(24-15-25)30(28,29)26-12-17(13-26)19(16-7-3-2-4-8-16)11-21(27)18-9-5-6-10-20(18)23;1-28-13-21(27-14-28)33(31,32)29-11-15(12-29)17(19-8-4-5-9-26-19)10-20(30)16-6-2-3-7-18(16)22(23,24)25;1-13-3-6-16(18(21)7-13)19(25)8-17(14-4-5-14)15-9-24(10-15)28(26,27)20-11-23(2)12-22-20;1-4-5-15(9-19(25)17-7-6-14(2)8-18(17)21)16-10-24(11-16)28(26,27)20-12-23(3)13-22-20;;/h2-10,14-15,17,19H,11-13H2,1H3;2-9,13-15,17H,10-12H2,1H3;3,6-7,11-12,14-15,17H,4-5,8-10H2,1-2H3;6-8,12-13,15-16H,4-5,9-11H2,1-3H3;2*1H4. The van der Waals surface area contributed by atoms with E-state index in [4.69, 9.17) is 34.8 Å². The molecule has 9 heterocycles. The molecule has 0 N–H and O–H groups in total. The lowest BCUT2D eigenvalue weighted by Crippen LogP contribution is -2.53. The minimum absolute atomic E-state index is 0. The van der Waals surface area contributed by atoms with E-state index in [0.717, 1.165) is 48.4 Å². The van der Waals surface area contributed by atoms with E-state index in [9.17, 15) is 66.0 Å². The van der Waals surface area contributed by atoms with Gasteiger partial charge in [-0.3, -0.25) is 24.2 Å². The van der Waals surface area contributed by atoms with Gasteiger partial charge in [-0.15, -0.1) is 0 Å². The van der Waals surface area contributed by atoms with Gasteiger partial charge in [-0.05, 0) is 152 Å². The topological polar surface area (TPSA) is 302 Å². The Kier molecular flexibility index (Phi) is 31.0. The van der Waals surface area contributed by atoms with Crippen molar-refractivity contribution in [3.05, 3.63) is 255 Å². The van der Waals surface area contributed by atoms with Gasteiger partial charge in [0.2, 0.25) is 0 Å². The number of halogens is 6. The lowest BCUT2D eigenvalue weighted by atomic mass is 9.78. The van der Waals surface area contributed by atoms with Gasteiger partial charge in [0.1, 0.15) is 0 Å². The lowest BCUT2D eigenvalue weighted by molar-refractivity contribution is -0.137. The summed E-state index contributed by atoms with van der Waals surface area (Å²) in [5, 5.41) is 1.53. The third kappa shape index (κ3) is 22.4. The zero-order valence-corrected chi connectivity index (χ0v) is 72.1. The summed E-state index contributed by atoms with van der Waals surface area (Å²) < 4.78 is 154. The molecule has 5 aromatic heterocycles. The molecule has 4 aliphatic heterocycles. The van der Waals surface area contributed by atoms with E-state index in [0.29, 0.717) is 95.5 Å². The molecular formula is C86H101Cl3F3N13O12S4. The van der Waals surface area contributed by atoms with Crippen LogP contribution in [0.4, 0.5) is 13.2 Å². The van der Waals surface area contributed by atoms with Crippen LogP contribution in [0.15, 0.2) is 210 Å². The molecule has 648 valence electrons. The highest BCUT2D eigenvalue weighted by atomic mass is 35.5. The van der Waals surface area contributed by atoms with Gasteiger partial charge in [0, 0.05) is 171 Å². The number of aromatic nitrogens is 9. The first kappa shape index (κ1) is 94.3. The number of alkyl halides is 3. The molecule has 35 heteroatoms. The highest BCUT2D eigenvalue weighted by Crippen LogP contribution is 2.47. The van der Waals surface area contributed by atoms with Crippen LogP contribution in [0.25, 0.3) is 0 Å². The van der Waals surface area contributed by atoms with E-state index in [2.05, 4.69) is 31.8 Å². The van der Waals surface area contributed by atoms with Gasteiger partial charge in [-0.2, -0.15) is 30.4 Å². The monoisotopic (exact) mass is 1800 g/mol. The fourth-order valence-electron chi connectivity index (χ4n) is 15.5. The number of benzene rings is 5. The molecule has 0 amide bonds. The number of carbonyl (C=O) groups excluding carboxylic acids is 4. The quantitative estimate of drug-likeness (QED) is 0.0393. The molecule has 4 atom stereocenters. The Balaban J connectivity index is 0.000000169. The van der Waals surface area contributed by atoms with Crippen molar-refractivity contribution < 1.29 is 66.0 Å². The predicted molar refractivity (Wildman–Crippen MR) is 457 cm³/mol. The van der Waals surface area contributed by atoms with Crippen molar-refractivity contribution in [2.45, 2.75) is 125 Å². The number of rotatable bonds is 29. The Hall–Kier alpha value is -8.93. The molecule has 0 radical (unpaired) electrons. The maximum atomic E-state index is 13.4. The van der Waals surface area contributed by atoms with Gasteiger partial charge < -0.3 is 18.3 Å². The Labute approximate surface area is 721 Å². The number of nitrogens with zero attached hydrogens (tertiary/aromatic N) is 13. The fraction of sp³-hybridized carbons (Fsp3) is 0.407. The average molecular weight is 1800 g/mol. The van der Waals surface area contributed by atoms with Crippen LogP contribution in [-0.2, 0) is 74.5 Å². The molecule has 5 fully saturated rings. The Bertz CT molecular complexity index is 5790. The summed E-state index contributed by atoms with van der Waals surface area (Å²) in [5.41, 5.74) is 3.83. The molecule has 0 bridgehead atoms. The third-order valence-corrected chi connectivity index (χ3v) is 30.3. The van der Waals surface area contributed by atoms with Crippen LogP contribution in [0.3, 0.4) is 0 Å². The first-order valence-electron chi connectivity index (χ1n) is 38.8. The Morgan fingerprint density at radius 2 is 0.793 bits per heavy atom. The van der Waals surface area contributed by atoms with Crippen LogP contribution in [0, 0.1) is 55.3 Å². The van der Waals surface area contributed by atoms with Crippen molar-refractivity contribution in [2.75, 3.05) is 52.4 Å². The molecule has 121 heavy (non-hydrogen) atoms. The van der Waals surface area contributed by atoms with Crippen molar-refractivity contribution in [3.63, 3.8) is 0 Å². The second-order valence-corrected chi connectivity index (χ2v) is 40.0. The number of Topliss-reactive ketones (excluding diaryl/α,β-unsaturated/α-hetero) is 4. The van der Waals surface area contributed by atoms with E-state index in [1.54, 1.807) is 103 Å². The minimum atomic E-state index is -4.66. The maximum absolute atomic E-state index is 13.4. The molecular weight excluding hydrogens is 1700 g/mol. The van der Waals surface area contributed by atoms with E-state index >= 15 is 0 Å². The smallest absolute Gasteiger partial charge is 0.339 e. The van der Waals surface area contributed by atoms with E-state index in [1.807, 2.05) is 62.4 Å². The normalized spacial score (nSPS) is 16.8. The summed E-state index contributed by atoms with van der Waals surface area (Å²) >= 11 is 18.7. The number of hydrogen-bond donors (Lipinski definition) is 0. The molecule has 5 aliphatic rings. The lowest BCUT2D eigenvalue weighted by Gasteiger charge is -2.42. The highest BCUT2D eigenvalue weighted by molar-refractivity contribution is 7.90. The van der Waals surface area contributed by atoms with Crippen molar-refractivity contribution in [3.8, 4) is 0 Å².